The minimum atomic E-state index is -0.0171. The molecule has 1 amide bonds. The Morgan fingerprint density at radius 1 is 1.37 bits per heavy atom. The Hall–Kier alpha value is -2.55. The first-order chi connectivity index (χ1) is 12.9. The minimum absolute atomic E-state index is 0.0171. The maximum Gasteiger partial charge on any atom is 0.230 e. The van der Waals surface area contributed by atoms with E-state index in [1.165, 1.54) is 11.8 Å². The number of hydrogen-bond donors (Lipinski definition) is 1. The molecule has 0 aromatic carbocycles. The van der Waals surface area contributed by atoms with Crippen LogP contribution in [0.3, 0.4) is 0 Å². The predicted molar refractivity (Wildman–Crippen MR) is 103 cm³/mol. The molecule has 0 aliphatic heterocycles. The second-order valence-electron chi connectivity index (χ2n) is 6.75. The van der Waals surface area contributed by atoms with Gasteiger partial charge in [-0.25, -0.2) is 0 Å². The molecule has 3 aromatic heterocycles. The highest BCUT2D eigenvalue weighted by Crippen LogP contribution is 2.25. The topological polar surface area (TPSA) is 90.8 Å². The number of rotatable bonds is 8. The van der Waals surface area contributed by atoms with Crippen LogP contribution in [0.2, 0.25) is 0 Å². The van der Waals surface area contributed by atoms with Gasteiger partial charge in [0, 0.05) is 19.3 Å². The lowest BCUT2D eigenvalue weighted by atomic mass is 10.2. The van der Waals surface area contributed by atoms with E-state index in [2.05, 4.69) is 34.5 Å². The molecule has 0 fully saturated rings. The summed E-state index contributed by atoms with van der Waals surface area (Å²) < 4.78 is 9.21. The smallest absolute Gasteiger partial charge is 0.230 e. The van der Waals surface area contributed by atoms with E-state index in [0.29, 0.717) is 30.0 Å². The third-order valence-electron chi connectivity index (χ3n) is 3.99. The molecule has 0 atom stereocenters. The van der Waals surface area contributed by atoms with Crippen molar-refractivity contribution >= 4 is 17.7 Å². The van der Waals surface area contributed by atoms with Crippen LogP contribution < -0.4 is 5.32 Å². The van der Waals surface area contributed by atoms with Crippen LogP contribution in [0, 0.1) is 12.8 Å². The van der Waals surface area contributed by atoms with Crippen LogP contribution >= 0.6 is 11.8 Å². The van der Waals surface area contributed by atoms with Gasteiger partial charge in [-0.1, -0.05) is 25.6 Å². The van der Waals surface area contributed by atoms with E-state index >= 15 is 0 Å². The Kier molecular flexibility index (Phi) is 6.00. The third-order valence-corrected chi connectivity index (χ3v) is 4.96. The number of thioether (sulfide) groups is 1. The first-order valence-corrected chi connectivity index (χ1v) is 9.78. The van der Waals surface area contributed by atoms with Crippen molar-refractivity contribution in [3.63, 3.8) is 0 Å². The number of nitrogens with one attached hydrogen (secondary N) is 1. The molecule has 3 aromatic rings. The number of aromatic nitrogens is 5. The van der Waals surface area contributed by atoms with Gasteiger partial charge in [0.2, 0.25) is 5.91 Å². The fraction of sp³-hybridized carbons (Fsp3) is 0.444. The Bertz CT molecular complexity index is 878. The number of carbonyl (C=O) groups excluding carboxylic acids is 1. The molecule has 3 heterocycles. The monoisotopic (exact) mass is 388 g/mol. The summed E-state index contributed by atoms with van der Waals surface area (Å²) in [5, 5.41) is 16.7. The lowest BCUT2D eigenvalue weighted by Gasteiger charge is -2.09. The second kappa shape index (κ2) is 8.43. The van der Waals surface area contributed by atoms with Crippen LogP contribution in [0.15, 0.2) is 34.0 Å². The summed E-state index contributed by atoms with van der Waals surface area (Å²) in [6.45, 7) is 7.25. The van der Waals surface area contributed by atoms with Gasteiger partial charge in [0.25, 0.3) is 0 Å². The molecule has 1 N–H and O–H groups in total. The van der Waals surface area contributed by atoms with Gasteiger partial charge in [-0.3, -0.25) is 14.0 Å². The number of nitrogens with zero attached hydrogens (tertiary/aromatic N) is 5. The zero-order valence-corrected chi connectivity index (χ0v) is 16.8. The maximum absolute atomic E-state index is 12.1. The highest BCUT2D eigenvalue weighted by atomic mass is 32.2. The summed E-state index contributed by atoms with van der Waals surface area (Å²) >= 11 is 1.36. The molecule has 27 heavy (non-hydrogen) atoms. The van der Waals surface area contributed by atoms with Crippen LogP contribution in [-0.2, 0) is 18.4 Å². The quantitative estimate of drug-likeness (QED) is 0.596. The van der Waals surface area contributed by atoms with Crippen molar-refractivity contribution < 1.29 is 9.21 Å². The molecule has 0 bridgehead atoms. The van der Waals surface area contributed by atoms with Gasteiger partial charge in [0.15, 0.2) is 11.0 Å². The average Bonchev–Trinajstić information content (AvgIpc) is 3.34. The maximum atomic E-state index is 12.1. The van der Waals surface area contributed by atoms with Crippen LogP contribution in [0.1, 0.15) is 25.3 Å². The van der Waals surface area contributed by atoms with Crippen LogP contribution in [-0.4, -0.2) is 42.7 Å². The third kappa shape index (κ3) is 4.79. The van der Waals surface area contributed by atoms with E-state index in [1.807, 2.05) is 36.7 Å². The van der Waals surface area contributed by atoms with Gasteiger partial charge in [-0.15, -0.1) is 10.2 Å². The number of amides is 1. The molecule has 0 aliphatic carbocycles. The van der Waals surface area contributed by atoms with Crippen molar-refractivity contribution in [2.45, 2.75) is 32.5 Å². The van der Waals surface area contributed by atoms with Crippen molar-refractivity contribution in [1.29, 1.82) is 0 Å². The van der Waals surface area contributed by atoms with Gasteiger partial charge in [0.1, 0.15) is 11.5 Å². The second-order valence-corrected chi connectivity index (χ2v) is 7.70. The van der Waals surface area contributed by atoms with Crippen molar-refractivity contribution in [3.8, 4) is 11.5 Å². The molecular formula is C18H24N6O2S. The number of hydrogen-bond acceptors (Lipinski definition) is 6. The minimum Gasteiger partial charge on any atom is -0.467 e. The molecule has 0 aliphatic rings. The Balaban J connectivity index is 1.81. The molecule has 144 valence electrons. The fourth-order valence-electron chi connectivity index (χ4n) is 2.45. The van der Waals surface area contributed by atoms with Crippen molar-refractivity contribution in [1.82, 2.24) is 29.9 Å². The van der Waals surface area contributed by atoms with E-state index in [9.17, 15) is 4.79 Å². The highest BCUT2D eigenvalue weighted by Gasteiger charge is 2.19. The normalized spacial score (nSPS) is 11.3. The summed E-state index contributed by atoms with van der Waals surface area (Å²) in [6, 6.07) is 5.71. The largest absolute Gasteiger partial charge is 0.467 e. The Morgan fingerprint density at radius 3 is 2.81 bits per heavy atom. The van der Waals surface area contributed by atoms with Crippen molar-refractivity contribution in [2.75, 3.05) is 12.3 Å². The number of furan rings is 1. The molecule has 8 nitrogen and oxygen atoms in total. The SMILES string of the molecule is Cc1cc(-c2nnc(SCC(=O)NCC(C)C)n2Cc2ccco2)nn1C. The number of carbonyl (C=O) groups is 1. The van der Waals surface area contributed by atoms with Gasteiger partial charge in [-0.05, 0) is 31.0 Å². The van der Waals surface area contributed by atoms with E-state index < -0.39 is 0 Å². The molecule has 0 unspecified atom stereocenters. The predicted octanol–water partition coefficient (Wildman–Crippen LogP) is 2.49. The van der Waals surface area contributed by atoms with E-state index in [4.69, 9.17) is 4.42 Å². The fourth-order valence-corrected chi connectivity index (χ4v) is 3.22. The van der Waals surface area contributed by atoms with Crippen molar-refractivity contribution in [3.05, 3.63) is 35.9 Å². The molecule has 0 spiro atoms. The number of aryl methyl sites for hydroxylation is 2. The molecular weight excluding hydrogens is 364 g/mol. The van der Waals surface area contributed by atoms with Crippen LogP contribution in [0.4, 0.5) is 0 Å². The first kappa shape index (κ1) is 19.2. The molecule has 9 heteroatoms. The lowest BCUT2D eigenvalue weighted by molar-refractivity contribution is -0.118. The summed E-state index contributed by atoms with van der Waals surface area (Å²) in [5.41, 5.74) is 1.77. The van der Waals surface area contributed by atoms with Gasteiger partial charge in [-0.2, -0.15) is 5.10 Å². The Morgan fingerprint density at radius 2 is 2.19 bits per heavy atom. The molecule has 3 rings (SSSR count). The van der Waals surface area contributed by atoms with Gasteiger partial charge in [0.05, 0.1) is 18.6 Å². The zero-order chi connectivity index (χ0) is 19.4. The van der Waals surface area contributed by atoms with Crippen molar-refractivity contribution in [2.24, 2.45) is 13.0 Å². The van der Waals surface area contributed by atoms with Crippen LogP contribution in [0.25, 0.3) is 11.5 Å². The summed E-state index contributed by atoms with van der Waals surface area (Å²) in [7, 11) is 1.89. The summed E-state index contributed by atoms with van der Waals surface area (Å²) in [6.07, 6.45) is 1.64. The lowest BCUT2D eigenvalue weighted by Crippen LogP contribution is -2.28. The van der Waals surface area contributed by atoms with Crippen LogP contribution in [0.5, 0.6) is 0 Å². The Labute approximate surface area is 162 Å². The highest BCUT2D eigenvalue weighted by molar-refractivity contribution is 7.99. The zero-order valence-electron chi connectivity index (χ0n) is 16.0. The molecule has 0 saturated carbocycles. The molecule has 0 radical (unpaired) electrons. The average molecular weight is 388 g/mol. The van der Waals surface area contributed by atoms with E-state index in [1.54, 1.807) is 10.9 Å². The standard InChI is InChI=1S/C18H24N6O2S/c1-12(2)9-19-16(25)11-27-18-21-20-17(15-8-13(3)23(4)22-15)24(18)10-14-6-5-7-26-14/h5-8,12H,9-11H2,1-4H3,(H,19,25). The first-order valence-electron chi connectivity index (χ1n) is 8.80. The van der Waals surface area contributed by atoms with Gasteiger partial charge >= 0.3 is 0 Å². The van der Waals surface area contributed by atoms with Gasteiger partial charge < -0.3 is 9.73 Å². The van der Waals surface area contributed by atoms with E-state index in [0.717, 1.165) is 17.1 Å². The van der Waals surface area contributed by atoms with E-state index in [-0.39, 0.29) is 11.7 Å². The molecule has 0 saturated heterocycles. The summed E-state index contributed by atoms with van der Waals surface area (Å²) in [5.74, 6) is 2.12. The summed E-state index contributed by atoms with van der Waals surface area (Å²) in [4.78, 5) is 12.1.